The molecule has 0 bridgehead atoms. The molecule has 0 radical (unpaired) electrons. The second-order valence-corrected chi connectivity index (χ2v) is 12.0. The van der Waals surface area contributed by atoms with E-state index < -0.39 is 11.5 Å². The fourth-order valence-corrected chi connectivity index (χ4v) is 5.60. The Labute approximate surface area is 217 Å². The van der Waals surface area contributed by atoms with Gasteiger partial charge in [0.25, 0.3) is 0 Å². The third-order valence-corrected chi connectivity index (χ3v) is 8.63. The Bertz CT molecular complexity index is 871. The fraction of sp³-hybridized carbons (Fsp3) is 0.767. The lowest BCUT2D eigenvalue weighted by Gasteiger charge is -2.43. The quantitative estimate of drug-likeness (QED) is 0.277. The van der Waals surface area contributed by atoms with E-state index >= 15 is 0 Å². The zero-order valence-electron chi connectivity index (χ0n) is 23.3. The number of ether oxygens (including phenoxy) is 3. The highest BCUT2D eigenvalue weighted by molar-refractivity contribution is 5.77. The lowest BCUT2D eigenvalue weighted by Crippen LogP contribution is -2.42. The van der Waals surface area contributed by atoms with Crippen molar-refractivity contribution in [1.82, 2.24) is 0 Å². The molecule has 1 aliphatic heterocycles. The van der Waals surface area contributed by atoms with Crippen LogP contribution in [-0.2, 0) is 28.6 Å². The largest absolute Gasteiger partial charge is 0.462 e. The van der Waals surface area contributed by atoms with Crippen LogP contribution in [0.3, 0.4) is 0 Å². The number of hydrogen-bond donors (Lipinski definition) is 0. The molecule has 0 aromatic heterocycles. The van der Waals surface area contributed by atoms with E-state index in [1.54, 1.807) is 0 Å². The predicted molar refractivity (Wildman–Crippen MR) is 139 cm³/mol. The van der Waals surface area contributed by atoms with Gasteiger partial charge in [-0.2, -0.15) is 0 Å². The molecule has 2 aliphatic carbocycles. The van der Waals surface area contributed by atoms with E-state index in [-0.39, 0.29) is 54.3 Å². The molecule has 36 heavy (non-hydrogen) atoms. The minimum absolute atomic E-state index is 0.108. The first-order valence-corrected chi connectivity index (χ1v) is 14.0. The number of cyclic esters (lactones) is 1. The van der Waals surface area contributed by atoms with E-state index in [2.05, 4.69) is 32.1 Å². The highest BCUT2D eigenvalue weighted by Crippen LogP contribution is 2.45. The van der Waals surface area contributed by atoms with Crippen LogP contribution in [0.25, 0.3) is 0 Å². The van der Waals surface area contributed by atoms with Crippen molar-refractivity contribution in [2.24, 2.45) is 35.0 Å². The van der Waals surface area contributed by atoms with Crippen molar-refractivity contribution < 1.29 is 28.6 Å². The van der Waals surface area contributed by atoms with Crippen LogP contribution in [-0.4, -0.2) is 36.2 Å². The zero-order chi connectivity index (χ0) is 26.6. The van der Waals surface area contributed by atoms with Crippen molar-refractivity contribution >= 4 is 17.9 Å². The number of carbonyl (C=O) groups excluding carboxylic acids is 3. The third kappa shape index (κ3) is 6.80. The molecule has 1 heterocycles. The van der Waals surface area contributed by atoms with Gasteiger partial charge in [-0.15, -0.1) is 0 Å². The summed E-state index contributed by atoms with van der Waals surface area (Å²) in [4.78, 5) is 37.6. The monoisotopic (exact) mass is 502 g/mol. The Hall–Kier alpha value is -2.11. The maximum absolute atomic E-state index is 12.7. The molecule has 1 fully saturated rings. The van der Waals surface area contributed by atoms with Gasteiger partial charge in [0.05, 0.1) is 17.8 Å². The summed E-state index contributed by atoms with van der Waals surface area (Å²) in [5.41, 5.74) is 0.691. The van der Waals surface area contributed by atoms with E-state index in [1.807, 2.05) is 34.6 Å². The predicted octanol–water partition coefficient (Wildman–Crippen LogP) is 6.18. The van der Waals surface area contributed by atoms with Gasteiger partial charge in [0.15, 0.2) is 0 Å². The minimum Gasteiger partial charge on any atom is -0.462 e. The Morgan fingerprint density at radius 3 is 2.53 bits per heavy atom. The molecule has 3 aliphatic rings. The summed E-state index contributed by atoms with van der Waals surface area (Å²) >= 11 is 0. The van der Waals surface area contributed by atoms with E-state index in [1.165, 1.54) is 5.57 Å². The van der Waals surface area contributed by atoms with Crippen molar-refractivity contribution in [3.05, 3.63) is 23.8 Å². The van der Waals surface area contributed by atoms with E-state index in [0.29, 0.717) is 31.1 Å². The molecule has 202 valence electrons. The summed E-state index contributed by atoms with van der Waals surface area (Å²) in [5.74, 6) is 0.322. The number of carbonyl (C=O) groups is 3. The molecule has 0 spiro atoms. The maximum Gasteiger partial charge on any atom is 0.311 e. The first kappa shape index (κ1) is 28.5. The van der Waals surface area contributed by atoms with Crippen LogP contribution in [0, 0.1) is 35.0 Å². The van der Waals surface area contributed by atoms with Crippen molar-refractivity contribution in [3.63, 3.8) is 0 Å². The highest BCUT2D eigenvalue weighted by Gasteiger charge is 2.42. The molecule has 0 amide bonds. The van der Waals surface area contributed by atoms with Crippen molar-refractivity contribution in [2.45, 2.75) is 112 Å². The van der Waals surface area contributed by atoms with Gasteiger partial charge in [-0.1, -0.05) is 52.8 Å². The Kier molecular flexibility index (Phi) is 9.45. The first-order valence-electron chi connectivity index (χ1n) is 14.0. The van der Waals surface area contributed by atoms with Gasteiger partial charge in [-0.05, 0) is 69.3 Å². The van der Waals surface area contributed by atoms with E-state index in [0.717, 1.165) is 19.3 Å². The Morgan fingerprint density at radius 1 is 1.14 bits per heavy atom. The van der Waals surface area contributed by atoms with Crippen molar-refractivity contribution in [2.75, 3.05) is 0 Å². The van der Waals surface area contributed by atoms with Gasteiger partial charge in [-0.25, -0.2) is 0 Å². The van der Waals surface area contributed by atoms with Crippen LogP contribution in [0.15, 0.2) is 23.8 Å². The van der Waals surface area contributed by atoms with Crippen LogP contribution in [0.2, 0.25) is 0 Å². The van der Waals surface area contributed by atoms with Gasteiger partial charge in [0.1, 0.15) is 18.3 Å². The molecule has 0 N–H and O–H groups in total. The van der Waals surface area contributed by atoms with Gasteiger partial charge in [-0.3, -0.25) is 14.4 Å². The first-order chi connectivity index (χ1) is 16.9. The number of hydrogen-bond acceptors (Lipinski definition) is 6. The molecule has 6 nitrogen and oxygen atoms in total. The van der Waals surface area contributed by atoms with Crippen LogP contribution in [0.4, 0.5) is 0 Å². The second-order valence-electron chi connectivity index (χ2n) is 12.0. The van der Waals surface area contributed by atoms with Crippen molar-refractivity contribution in [1.29, 1.82) is 0 Å². The van der Waals surface area contributed by atoms with Crippen molar-refractivity contribution in [3.8, 4) is 0 Å². The van der Waals surface area contributed by atoms with Gasteiger partial charge < -0.3 is 14.2 Å². The minimum atomic E-state index is -0.566. The van der Waals surface area contributed by atoms with Crippen LogP contribution >= 0.6 is 0 Å². The zero-order valence-corrected chi connectivity index (χ0v) is 23.3. The second kappa shape index (κ2) is 12.0. The number of rotatable bonds is 9. The lowest BCUT2D eigenvalue weighted by molar-refractivity contribution is -0.175. The molecule has 6 heteroatoms. The summed E-state index contributed by atoms with van der Waals surface area (Å²) in [6.45, 7) is 14.0. The molecule has 0 aromatic carbocycles. The standard InChI is InChI=1S/C30H46O6/c1-8-19(4)28(32)36-25-15-18(3)14-21-11-10-20(5)24(27(21)25)13-12-22-16-23(17-26(31)34-22)35-29(33)30(6,7)9-2/h10-11,14,18-20,22-25,27H,8-9,12-13,15-17H2,1-7H3/t18-,19-,20-,22?,23+,24-,25-,27?/m0/s1. The fourth-order valence-electron chi connectivity index (χ4n) is 5.60. The molecule has 0 saturated carbocycles. The summed E-state index contributed by atoms with van der Waals surface area (Å²) in [5, 5.41) is 0. The maximum atomic E-state index is 12.7. The number of esters is 3. The molecule has 8 atom stereocenters. The summed E-state index contributed by atoms with van der Waals surface area (Å²) in [6, 6.07) is 0. The molecule has 2 unspecified atom stereocenters. The van der Waals surface area contributed by atoms with Gasteiger partial charge >= 0.3 is 17.9 Å². The third-order valence-electron chi connectivity index (χ3n) is 8.63. The van der Waals surface area contributed by atoms with E-state index in [4.69, 9.17) is 14.2 Å². The number of fused-ring (bicyclic) bond motifs is 1. The summed E-state index contributed by atoms with van der Waals surface area (Å²) in [7, 11) is 0. The average molecular weight is 503 g/mol. The molecular formula is C30H46O6. The Balaban J connectivity index is 1.69. The summed E-state index contributed by atoms with van der Waals surface area (Å²) in [6.07, 6.45) is 10.4. The van der Waals surface area contributed by atoms with Gasteiger partial charge in [0, 0.05) is 12.3 Å². The SMILES string of the molecule is CC[C@H](C)C(=O)O[C@H]1C[C@@H](C)C=C2C=C[C@H](C)[C@H](CCC3C[C@@H](OC(=O)C(C)(C)CC)CC(=O)O3)C21. The smallest absolute Gasteiger partial charge is 0.311 e. The number of allylic oxidation sites excluding steroid dienone is 3. The van der Waals surface area contributed by atoms with Crippen LogP contribution in [0.5, 0.6) is 0 Å². The normalized spacial score (nSPS) is 33.1. The van der Waals surface area contributed by atoms with E-state index in [9.17, 15) is 14.4 Å². The molecule has 0 aromatic rings. The van der Waals surface area contributed by atoms with Gasteiger partial charge in [0.2, 0.25) is 0 Å². The van der Waals surface area contributed by atoms with Crippen LogP contribution < -0.4 is 0 Å². The topological polar surface area (TPSA) is 78.9 Å². The average Bonchev–Trinajstić information content (AvgIpc) is 2.82. The lowest BCUT2D eigenvalue weighted by atomic mass is 9.65. The van der Waals surface area contributed by atoms with Crippen LogP contribution in [0.1, 0.15) is 93.4 Å². The molecular weight excluding hydrogens is 456 g/mol. The molecule has 1 saturated heterocycles. The molecule has 3 rings (SSSR count). The summed E-state index contributed by atoms with van der Waals surface area (Å²) < 4.78 is 17.5. The Morgan fingerprint density at radius 2 is 1.86 bits per heavy atom. The highest BCUT2D eigenvalue weighted by atomic mass is 16.6.